The summed E-state index contributed by atoms with van der Waals surface area (Å²) in [5.74, 6) is -3.83. The Morgan fingerprint density at radius 2 is 1.77 bits per heavy atom. The molecule has 3 amide bonds. The number of alkyl carbamates (subject to hydrolysis) is 1. The van der Waals surface area contributed by atoms with E-state index in [0.29, 0.717) is 5.06 Å². The number of ether oxygens (including phenoxy) is 1. The zero-order valence-electron chi connectivity index (χ0n) is 18.4. The molecule has 1 aromatic rings. The third-order valence-corrected chi connectivity index (χ3v) is 5.67. The fourth-order valence-corrected chi connectivity index (χ4v) is 3.81. The summed E-state index contributed by atoms with van der Waals surface area (Å²) in [5, 5.41) is 3.35. The fraction of sp³-hybridized carbons (Fsp3) is 0.565. The molecule has 0 radical (unpaired) electrons. The molecule has 8 heteroatoms. The van der Waals surface area contributed by atoms with E-state index in [4.69, 9.17) is 9.57 Å². The molecular weight excluding hydrogens is 400 g/mol. The van der Waals surface area contributed by atoms with Gasteiger partial charge in [-0.15, -0.1) is 0 Å². The van der Waals surface area contributed by atoms with E-state index in [1.807, 2.05) is 30.3 Å². The Bertz CT molecular complexity index is 843. The van der Waals surface area contributed by atoms with Crippen LogP contribution < -0.4 is 5.32 Å². The number of amides is 3. The molecule has 0 aromatic heterocycles. The molecule has 3 rings (SSSR count). The third kappa shape index (κ3) is 5.31. The van der Waals surface area contributed by atoms with Gasteiger partial charge in [-0.1, -0.05) is 43.7 Å². The Morgan fingerprint density at radius 1 is 1.13 bits per heavy atom. The molecule has 1 aliphatic heterocycles. The van der Waals surface area contributed by atoms with Gasteiger partial charge in [0.05, 0.1) is 12.0 Å². The molecule has 1 aromatic carbocycles. The number of Topliss-reactive ketones (excluding diaryl/α,β-unsaturated/α-hetero) is 1. The maximum absolute atomic E-state index is 13.3. The standard InChI is InChI=1S/C23H30N2O6/c1-14-17(21(28)25(20(14)27)30-13-15-9-6-5-7-10-15)19(26)18(16-11-8-12-16)24-22(29)31-23(2,3)4/h5-7,9-10,14,16-18H,8,11-13H2,1-4H3,(H,24,29)/t14-,17+,18?/m0/s1. The smallest absolute Gasteiger partial charge is 0.408 e. The molecule has 0 bridgehead atoms. The van der Waals surface area contributed by atoms with E-state index in [0.717, 1.165) is 24.8 Å². The van der Waals surface area contributed by atoms with Crippen LogP contribution in [-0.2, 0) is 30.6 Å². The van der Waals surface area contributed by atoms with Crippen molar-refractivity contribution in [2.75, 3.05) is 0 Å². The van der Waals surface area contributed by atoms with Crippen LogP contribution in [0.3, 0.4) is 0 Å². The normalized spacial score (nSPS) is 22.8. The predicted molar refractivity (Wildman–Crippen MR) is 111 cm³/mol. The summed E-state index contributed by atoms with van der Waals surface area (Å²) in [7, 11) is 0. The van der Waals surface area contributed by atoms with E-state index < -0.39 is 47.2 Å². The van der Waals surface area contributed by atoms with Gasteiger partial charge in [-0.05, 0) is 45.1 Å². The first-order valence-electron chi connectivity index (χ1n) is 10.7. The fourth-order valence-electron chi connectivity index (χ4n) is 3.81. The predicted octanol–water partition coefficient (Wildman–Crippen LogP) is 3.00. The summed E-state index contributed by atoms with van der Waals surface area (Å²) in [6.07, 6.45) is 1.77. The summed E-state index contributed by atoms with van der Waals surface area (Å²) in [5.41, 5.74) is 0.0793. The van der Waals surface area contributed by atoms with Gasteiger partial charge in [0.15, 0.2) is 5.78 Å². The van der Waals surface area contributed by atoms with Gasteiger partial charge in [0.25, 0.3) is 11.8 Å². The number of imide groups is 1. The van der Waals surface area contributed by atoms with Crippen LogP contribution in [0.4, 0.5) is 4.79 Å². The lowest BCUT2D eigenvalue weighted by Gasteiger charge is -2.35. The lowest BCUT2D eigenvalue weighted by atomic mass is 9.74. The molecule has 2 aliphatic rings. The van der Waals surface area contributed by atoms with Crippen LogP contribution in [0.5, 0.6) is 0 Å². The lowest BCUT2D eigenvalue weighted by Crippen LogP contribution is -2.52. The summed E-state index contributed by atoms with van der Waals surface area (Å²) < 4.78 is 5.29. The minimum atomic E-state index is -1.19. The second kappa shape index (κ2) is 9.18. The monoisotopic (exact) mass is 430 g/mol. The number of nitrogens with one attached hydrogen (secondary N) is 1. The molecule has 31 heavy (non-hydrogen) atoms. The van der Waals surface area contributed by atoms with E-state index in [1.54, 1.807) is 27.7 Å². The number of nitrogens with zero attached hydrogens (tertiary/aromatic N) is 1. The van der Waals surface area contributed by atoms with Crippen molar-refractivity contribution in [2.24, 2.45) is 17.8 Å². The van der Waals surface area contributed by atoms with Crippen molar-refractivity contribution in [3.8, 4) is 0 Å². The molecule has 1 saturated carbocycles. The minimum absolute atomic E-state index is 0.0359. The Balaban J connectivity index is 1.72. The maximum atomic E-state index is 13.3. The van der Waals surface area contributed by atoms with Crippen molar-refractivity contribution in [1.29, 1.82) is 0 Å². The van der Waals surface area contributed by atoms with Crippen LogP contribution in [0.15, 0.2) is 30.3 Å². The van der Waals surface area contributed by atoms with Crippen molar-refractivity contribution in [1.82, 2.24) is 10.4 Å². The molecule has 3 atom stereocenters. The van der Waals surface area contributed by atoms with Crippen LogP contribution in [0, 0.1) is 17.8 Å². The van der Waals surface area contributed by atoms with Crippen molar-refractivity contribution >= 4 is 23.7 Å². The quantitative estimate of drug-likeness (QED) is 0.527. The number of ketones is 1. The third-order valence-electron chi connectivity index (χ3n) is 5.67. The lowest BCUT2D eigenvalue weighted by molar-refractivity contribution is -0.193. The molecule has 1 aliphatic carbocycles. The number of rotatable bonds is 7. The molecule has 168 valence electrons. The summed E-state index contributed by atoms with van der Waals surface area (Å²) >= 11 is 0. The first-order chi connectivity index (χ1) is 14.6. The Kier molecular flexibility index (Phi) is 6.79. The van der Waals surface area contributed by atoms with Gasteiger partial charge < -0.3 is 10.1 Å². The highest BCUT2D eigenvalue weighted by molar-refractivity contribution is 6.16. The van der Waals surface area contributed by atoms with Crippen molar-refractivity contribution < 1.29 is 28.8 Å². The highest BCUT2D eigenvalue weighted by atomic mass is 16.7. The molecule has 1 unspecified atom stereocenters. The number of hydroxylamine groups is 2. The first-order valence-corrected chi connectivity index (χ1v) is 10.7. The van der Waals surface area contributed by atoms with Gasteiger partial charge in [-0.3, -0.25) is 19.2 Å². The van der Waals surface area contributed by atoms with Gasteiger partial charge in [0.2, 0.25) is 0 Å². The van der Waals surface area contributed by atoms with Crippen LogP contribution in [0.2, 0.25) is 0 Å². The van der Waals surface area contributed by atoms with Gasteiger partial charge in [-0.25, -0.2) is 4.79 Å². The Labute approximate surface area is 182 Å². The van der Waals surface area contributed by atoms with Gasteiger partial charge in [0.1, 0.15) is 18.1 Å². The second-order valence-electron chi connectivity index (χ2n) is 9.21. The summed E-state index contributed by atoms with van der Waals surface area (Å²) in [4.78, 5) is 56.7. The minimum Gasteiger partial charge on any atom is -0.444 e. The Hall–Kier alpha value is -2.74. The number of carbonyl (C=O) groups excluding carboxylic acids is 4. The van der Waals surface area contributed by atoms with E-state index >= 15 is 0 Å². The van der Waals surface area contributed by atoms with E-state index in [1.165, 1.54) is 0 Å². The first kappa shape index (κ1) is 22.9. The Morgan fingerprint density at radius 3 is 2.32 bits per heavy atom. The van der Waals surface area contributed by atoms with Crippen LogP contribution >= 0.6 is 0 Å². The molecule has 1 saturated heterocycles. The molecule has 2 fully saturated rings. The van der Waals surface area contributed by atoms with Gasteiger partial charge in [-0.2, -0.15) is 5.06 Å². The van der Waals surface area contributed by atoms with Crippen molar-refractivity contribution in [2.45, 2.75) is 65.2 Å². The zero-order chi connectivity index (χ0) is 22.8. The average molecular weight is 431 g/mol. The largest absolute Gasteiger partial charge is 0.444 e. The molecule has 1 heterocycles. The summed E-state index contributed by atoms with van der Waals surface area (Å²) in [6, 6.07) is 8.26. The summed E-state index contributed by atoms with van der Waals surface area (Å²) in [6.45, 7) is 6.77. The number of benzene rings is 1. The second-order valence-corrected chi connectivity index (χ2v) is 9.21. The van der Waals surface area contributed by atoms with Crippen molar-refractivity contribution in [3.05, 3.63) is 35.9 Å². The highest BCUT2D eigenvalue weighted by Crippen LogP contribution is 2.35. The average Bonchev–Trinajstić information content (AvgIpc) is 2.85. The molecule has 0 spiro atoms. The SMILES string of the molecule is C[C@@H]1C(=O)N(OCc2ccccc2)C(=O)[C@H]1C(=O)C(NC(=O)OC(C)(C)C)C1CCC1. The number of hydrogen-bond donors (Lipinski definition) is 1. The zero-order valence-corrected chi connectivity index (χ0v) is 18.4. The van der Waals surface area contributed by atoms with E-state index in [2.05, 4.69) is 5.32 Å². The van der Waals surface area contributed by atoms with Gasteiger partial charge in [0, 0.05) is 0 Å². The maximum Gasteiger partial charge on any atom is 0.408 e. The van der Waals surface area contributed by atoms with Crippen molar-refractivity contribution in [3.63, 3.8) is 0 Å². The van der Waals surface area contributed by atoms with Crippen LogP contribution in [0.1, 0.15) is 52.5 Å². The van der Waals surface area contributed by atoms with Crippen LogP contribution in [0.25, 0.3) is 0 Å². The number of hydrogen-bond acceptors (Lipinski definition) is 6. The van der Waals surface area contributed by atoms with E-state index in [-0.39, 0.29) is 12.5 Å². The topological polar surface area (TPSA) is 102 Å². The molecule has 1 N–H and O–H groups in total. The number of carbonyl (C=O) groups is 4. The van der Waals surface area contributed by atoms with Crippen LogP contribution in [-0.4, -0.2) is 40.4 Å². The molecule has 8 nitrogen and oxygen atoms in total. The highest BCUT2D eigenvalue weighted by Gasteiger charge is 2.53. The van der Waals surface area contributed by atoms with Gasteiger partial charge >= 0.3 is 6.09 Å². The molecular formula is C23H30N2O6. The van der Waals surface area contributed by atoms with E-state index in [9.17, 15) is 19.2 Å².